The molecular formula is C9H20N2O3. The zero-order chi connectivity index (χ0) is 11.2. The zero-order valence-electron chi connectivity index (χ0n) is 8.57. The van der Waals surface area contributed by atoms with E-state index >= 15 is 0 Å². The van der Waals surface area contributed by atoms with Crippen molar-refractivity contribution in [2.45, 2.75) is 44.4 Å². The van der Waals surface area contributed by atoms with Gasteiger partial charge >= 0.3 is 0 Å². The molecule has 0 saturated heterocycles. The molecule has 0 spiro atoms. The molecule has 0 fully saturated rings. The predicted octanol–water partition coefficient (Wildman–Crippen LogP) is -0.897. The van der Waals surface area contributed by atoms with Crippen molar-refractivity contribution in [3.63, 3.8) is 0 Å². The van der Waals surface area contributed by atoms with Crippen molar-refractivity contribution in [2.24, 2.45) is 11.5 Å². The SMILES string of the molecule is CC(O)C(N)(O)C(=O)CCCCCN. The second-order valence-corrected chi connectivity index (χ2v) is 3.52. The Hall–Kier alpha value is -0.490. The molecule has 0 aromatic carbocycles. The lowest BCUT2D eigenvalue weighted by Crippen LogP contribution is -2.56. The molecule has 0 radical (unpaired) electrons. The number of aliphatic hydroxyl groups excluding tert-OH is 1. The van der Waals surface area contributed by atoms with Gasteiger partial charge in [-0.1, -0.05) is 6.42 Å². The average molecular weight is 204 g/mol. The Morgan fingerprint density at radius 3 is 2.43 bits per heavy atom. The highest BCUT2D eigenvalue weighted by molar-refractivity contribution is 5.86. The van der Waals surface area contributed by atoms with Crippen LogP contribution < -0.4 is 11.5 Å². The quantitative estimate of drug-likeness (QED) is 0.317. The van der Waals surface area contributed by atoms with Gasteiger partial charge in [-0.3, -0.25) is 10.5 Å². The first-order valence-corrected chi connectivity index (χ1v) is 4.85. The molecule has 14 heavy (non-hydrogen) atoms. The number of hydrogen-bond acceptors (Lipinski definition) is 5. The van der Waals surface area contributed by atoms with Crippen LogP contribution in [0.4, 0.5) is 0 Å². The minimum absolute atomic E-state index is 0.178. The van der Waals surface area contributed by atoms with Crippen LogP contribution in [0.3, 0.4) is 0 Å². The largest absolute Gasteiger partial charge is 0.388 e. The van der Waals surface area contributed by atoms with E-state index in [2.05, 4.69) is 0 Å². The van der Waals surface area contributed by atoms with Crippen LogP contribution in [0.2, 0.25) is 0 Å². The molecular weight excluding hydrogens is 184 g/mol. The summed E-state index contributed by atoms with van der Waals surface area (Å²) in [5.41, 5.74) is 8.42. The number of rotatable bonds is 7. The molecule has 0 aromatic rings. The fourth-order valence-electron chi connectivity index (χ4n) is 1.04. The standard InChI is InChI=1S/C9H20N2O3/c1-7(12)9(11,14)8(13)5-3-2-4-6-10/h7,12,14H,2-6,10-11H2,1H3. The first-order valence-electron chi connectivity index (χ1n) is 4.85. The highest BCUT2D eigenvalue weighted by Gasteiger charge is 2.35. The molecule has 84 valence electrons. The lowest BCUT2D eigenvalue weighted by atomic mass is 9.99. The third-order valence-electron chi connectivity index (χ3n) is 2.19. The number of hydrogen-bond donors (Lipinski definition) is 4. The summed E-state index contributed by atoms with van der Waals surface area (Å²) in [5.74, 6) is -0.524. The predicted molar refractivity (Wildman–Crippen MR) is 53.3 cm³/mol. The molecule has 0 amide bonds. The van der Waals surface area contributed by atoms with E-state index < -0.39 is 17.6 Å². The number of nitrogens with two attached hydrogens (primary N) is 2. The molecule has 0 aromatic heterocycles. The van der Waals surface area contributed by atoms with Crippen molar-refractivity contribution in [1.82, 2.24) is 0 Å². The normalized spacial score (nSPS) is 17.5. The third kappa shape index (κ3) is 4.15. The van der Waals surface area contributed by atoms with E-state index in [0.717, 1.165) is 12.8 Å². The molecule has 0 aliphatic rings. The van der Waals surface area contributed by atoms with Gasteiger partial charge in [0.1, 0.15) is 6.10 Å². The summed E-state index contributed by atoms with van der Waals surface area (Å²) < 4.78 is 0. The number of Topliss-reactive ketones (excluding diaryl/α,β-unsaturated/α-hetero) is 1. The second-order valence-electron chi connectivity index (χ2n) is 3.52. The van der Waals surface area contributed by atoms with Crippen molar-refractivity contribution < 1.29 is 15.0 Å². The summed E-state index contributed by atoms with van der Waals surface area (Å²) in [4.78, 5) is 11.3. The number of carbonyl (C=O) groups is 1. The molecule has 2 atom stereocenters. The maximum absolute atomic E-state index is 11.3. The lowest BCUT2D eigenvalue weighted by molar-refractivity contribution is -0.148. The Morgan fingerprint density at radius 1 is 1.43 bits per heavy atom. The minimum atomic E-state index is -2.11. The van der Waals surface area contributed by atoms with Crippen LogP contribution in [0.1, 0.15) is 32.6 Å². The highest BCUT2D eigenvalue weighted by Crippen LogP contribution is 2.10. The molecule has 0 aliphatic carbocycles. The van der Waals surface area contributed by atoms with Crippen LogP contribution in [-0.4, -0.2) is 34.4 Å². The van der Waals surface area contributed by atoms with E-state index in [-0.39, 0.29) is 6.42 Å². The van der Waals surface area contributed by atoms with Crippen molar-refractivity contribution in [3.05, 3.63) is 0 Å². The van der Waals surface area contributed by atoms with Crippen molar-refractivity contribution in [1.29, 1.82) is 0 Å². The molecule has 5 heteroatoms. The number of carbonyl (C=O) groups excluding carboxylic acids is 1. The van der Waals surface area contributed by atoms with Gasteiger partial charge in [-0.25, -0.2) is 0 Å². The van der Waals surface area contributed by atoms with Gasteiger partial charge in [0, 0.05) is 6.42 Å². The maximum atomic E-state index is 11.3. The van der Waals surface area contributed by atoms with Crippen LogP contribution in [0.25, 0.3) is 0 Å². The average Bonchev–Trinajstić information content (AvgIpc) is 2.11. The third-order valence-corrected chi connectivity index (χ3v) is 2.19. The molecule has 0 rings (SSSR count). The Kier molecular flexibility index (Phi) is 5.87. The molecule has 0 aliphatic heterocycles. The summed E-state index contributed by atoms with van der Waals surface area (Å²) in [6.45, 7) is 1.88. The Labute approximate surface area is 84.1 Å². The van der Waals surface area contributed by atoms with Crippen molar-refractivity contribution in [3.8, 4) is 0 Å². The molecule has 5 nitrogen and oxygen atoms in total. The van der Waals surface area contributed by atoms with Gasteiger partial charge in [0.05, 0.1) is 0 Å². The van der Waals surface area contributed by atoms with Crippen LogP contribution >= 0.6 is 0 Å². The van der Waals surface area contributed by atoms with Gasteiger partial charge in [-0.15, -0.1) is 0 Å². The molecule has 2 unspecified atom stereocenters. The van der Waals surface area contributed by atoms with Crippen LogP contribution in [0, 0.1) is 0 Å². The van der Waals surface area contributed by atoms with Gasteiger partial charge in [0.25, 0.3) is 0 Å². The Bertz CT molecular complexity index is 181. The van der Waals surface area contributed by atoms with Crippen LogP contribution in [0.15, 0.2) is 0 Å². The molecule has 0 bridgehead atoms. The topological polar surface area (TPSA) is 110 Å². The van der Waals surface area contributed by atoms with E-state index in [9.17, 15) is 9.90 Å². The first-order chi connectivity index (χ1) is 6.42. The summed E-state index contributed by atoms with van der Waals surface area (Å²) >= 11 is 0. The van der Waals surface area contributed by atoms with Gasteiger partial charge < -0.3 is 15.9 Å². The van der Waals surface area contributed by atoms with Crippen molar-refractivity contribution >= 4 is 5.78 Å². The monoisotopic (exact) mass is 204 g/mol. The highest BCUT2D eigenvalue weighted by atomic mass is 16.4. The van der Waals surface area contributed by atoms with E-state index in [1.807, 2.05) is 0 Å². The summed E-state index contributed by atoms with van der Waals surface area (Å²) in [7, 11) is 0. The fourth-order valence-corrected chi connectivity index (χ4v) is 1.04. The van der Waals surface area contributed by atoms with Crippen LogP contribution in [-0.2, 0) is 4.79 Å². The molecule has 6 N–H and O–H groups in total. The van der Waals surface area contributed by atoms with E-state index in [1.165, 1.54) is 6.92 Å². The summed E-state index contributed by atoms with van der Waals surface area (Å²) in [5, 5.41) is 18.4. The number of aliphatic hydroxyl groups is 2. The second kappa shape index (κ2) is 6.08. The summed E-state index contributed by atoms with van der Waals surface area (Å²) in [6, 6.07) is 0. The minimum Gasteiger partial charge on any atom is -0.388 e. The number of ketones is 1. The van der Waals surface area contributed by atoms with Gasteiger partial charge in [-0.05, 0) is 26.3 Å². The van der Waals surface area contributed by atoms with E-state index in [4.69, 9.17) is 16.6 Å². The van der Waals surface area contributed by atoms with Crippen molar-refractivity contribution in [2.75, 3.05) is 6.54 Å². The summed E-state index contributed by atoms with van der Waals surface area (Å²) in [6.07, 6.45) is 1.26. The first kappa shape index (κ1) is 13.5. The maximum Gasteiger partial charge on any atom is 0.199 e. The van der Waals surface area contributed by atoms with Gasteiger partial charge in [-0.2, -0.15) is 0 Å². The van der Waals surface area contributed by atoms with Gasteiger partial charge in [0.15, 0.2) is 11.5 Å². The van der Waals surface area contributed by atoms with E-state index in [0.29, 0.717) is 13.0 Å². The van der Waals surface area contributed by atoms with Crippen LogP contribution in [0.5, 0.6) is 0 Å². The Morgan fingerprint density at radius 2 is 2.00 bits per heavy atom. The zero-order valence-corrected chi connectivity index (χ0v) is 8.57. The molecule has 0 saturated carbocycles. The smallest absolute Gasteiger partial charge is 0.199 e. The molecule has 0 heterocycles. The fraction of sp³-hybridized carbons (Fsp3) is 0.889. The van der Waals surface area contributed by atoms with Gasteiger partial charge in [0.2, 0.25) is 0 Å². The van der Waals surface area contributed by atoms with E-state index in [1.54, 1.807) is 0 Å². The lowest BCUT2D eigenvalue weighted by Gasteiger charge is -2.24. The number of unbranched alkanes of at least 4 members (excludes halogenated alkanes) is 2. The Balaban J connectivity index is 3.84.